The number of hydrogen-bond acceptors (Lipinski definition) is 5. The summed E-state index contributed by atoms with van der Waals surface area (Å²) in [5.41, 5.74) is 11.1. The molecule has 6 heteroatoms. The summed E-state index contributed by atoms with van der Waals surface area (Å²) < 4.78 is 0. The molecule has 0 amide bonds. The van der Waals surface area contributed by atoms with Crippen molar-refractivity contribution in [3.8, 4) is 0 Å². The zero-order chi connectivity index (χ0) is 12.1. The molecule has 0 saturated heterocycles. The minimum Gasteiger partial charge on any atom is -0.391 e. The molecule has 0 unspecified atom stereocenters. The summed E-state index contributed by atoms with van der Waals surface area (Å²) in [6.07, 6.45) is 1.36. The number of hydrogen-bond donors (Lipinski definition) is 3. The maximum absolute atomic E-state index is 11.4. The van der Waals surface area contributed by atoms with Crippen molar-refractivity contribution in [3.63, 3.8) is 0 Å². The molecule has 0 bridgehead atoms. The Balaban J connectivity index is 3.00. The zero-order valence-corrected chi connectivity index (χ0v) is 9.73. The fraction of sp³-hybridized carbons (Fsp3) is 0.600. The van der Waals surface area contributed by atoms with Crippen LogP contribution in [0.5, 0.6) is 0 Å². The van der Waals surface area contributed by atoms with Gasteiger partial charge in [0, 0.05) is 19.6 Å². The molecule has 1 heterocycles. The van der Waals surface area contributed by atoms with Crippen LogP contribution >= 0.6 is 0 Å². The number of nitrogens with one attached hydrogen (secondary N) is 1. The van der Waals surface area contributed by atoms with Gasteiger partial charge in [-0.1, -0.05) is 13.8 Å². The topological polar surface area (TPSA) is 101 Å². The fourth-order valence-electron chi connectivity index (χ4n) is 1.53. The molecular weight excluding hydrogens is 206 g/mol. The molecule has 16 heavy (non-hydrogen) atoms. The van der Waals surface area contributed by atoms with Crippen LogP contribution in [0.3, 0.4) is 0 Å². The quantitative estimate of drug-likeness (QED) is 0.642. The lowest BCUT2D eigenvalue weighted by Crippen LogP contribution is -2.35. The van der Waals surface area contributed by atoms with Crippen LogP contribution in [0.25, 0.3) is 0 Å². The van der Waals surface area contributed by atoms with Crippen LogP contribution in [-0.2, 0) is 0 Å². The van der Waals surface area contributed by atoms with Crippen LogP contribution < -0.4 is 21.9 Å². The Labute approximate surface area is 94.7 Å². The fourth-order valence-corrected chi connectivity index (χ4v) is 1.53. The number of rotatable bonds is 5. The third kappa shape index (κ3) is 2.96. The van der Waals surface area contributed by atoms with Gasteiger partial charge in [0.15, 0.2) is 5.82 Å². The van der Waals surface area contributed by atoms with Crippen molar-refractivity contribution in [1.29, 1.82) is 0 Å². The van der Waals surface area contributed by atoms with E-state index in [1.807, 2.05) is 4.90 Å². The first-order valence-electron chi connectivity index (χ1n) is 5.34. The normalized spacial score (nSPS) is 10.8. The Hall–Kier alpha value is -1.56. The Kier molecular flexibility index (Phi) is 4.30. The average Bonchev–Trinajstić information content (AvgIpc) is 2.21. The van der Waals surface area contributed by atoms with Gasteiger partial charge in [-0.25, -0.2) is 4.98 Å². The second-order valence-electron chi connectivity index (χ2n) is 4.10. The Morgan fingerprint density at radius 2 is 2.25 bits per heavy atom. The van der Waals surface area contributed by atoms with E-state index in [0.29, 0.717) is 24.8 Å². The first kappa shape index (κ1) is 12.5. The van der Waals surface area contributed by atoms with Gasteiger partial charge in [0.25, 0.3) is 5.56 Å². The molecule has 0 saturated carbocycles. The summed E-state index contributed by atoms with van der Waals surface area (Å²) in [6, 6.07) is 0. The number of nitrogens with two attached hydrogens (primary N) is 2. The SMILES string of the molecule is CC(C)CN(CCN)c1nc[nH]c(=O)c1N. The summed E-state index contributed by atoms with van der Waals surface area (Å²) in [7, 11) is 0. The van der Waals surface area contributed by atoms with Gasteiger partial charge in [-0.15, -0.1) is 0 Å². The molecular formula is C10H19N5O. The Morgan fingerprint density at radius 1 is 1.56 bits per heavy atom. The number of H-pyrrole nitrogens is 1. The van der Waals surface area contributed by atoms with Crippen molar-refractivity contribution in [1.82, 2.24) is 9.97 Å². The zero-order valence-electron chi connectivity index (χ0n) is 9.73. The summed E-state index contributed by atoms with van der Waals surface area (Å²) in [6.45, 7) is 6.09. The maximum atomic E-state index is 11.4. The largest absolute Gasteiger partial charge is 0.391 e. The van der Waals surface area contributed by atoms with E-state index < -0.39 is 0 Å². The van der Waals surface area contributed by atoms with Crippen LogP contribution in [-0.4, -0.2) is 29.6 Å². The minimum atomic E-state index is -0.309. The molecule has 0 aliphatic rings. The number of anilines is 2. The van der Waals surface area contributed by atoms with Gasteiger partial charge in [-0.3, -0.25) is 4.79 Å². The summed E-state index contributed by atoms with van der Waals surface area (Å²) in [5.74, 6) is 0.968. The van der Waals surface area contributed by atoms with Crippen LogP contribution in [0.2, 0.25) is 0 Å². The van der Waals surface area contributed by atoms with Gasteiger partial charge in [0.1, 0.15) is 5.69 Å². The molecule has 90 valence electrons. The number of aromatic nitrogens is 2. The van der Waals surface area contributed by atoms with Crippen molar-refractivity contribution in [3.05, 3.63) is 16.7 Å². The molecule has 0 aromatic carbocycles. The van der Waals surface area contributed by atoms with Crippen LogP contribution in [0.1, 0.15) is 13.8 Å². The van der Waals surface area contributed by atoms with Gasteiger partial charge in [-0.2, -0.15) is 0 Å². The smallest absolute Gasteiger partial charge is 0.276 e. The molecule has 0 atom stereocenters. The number of nitrogens with zero attached hydrogens (tertiary/aromatic N) is 2. The van der Waals surface area contributed by atoms with Crippen LogP contribution in [0, 0.1) is 5.92 Å². The molecule has 0 spiro atoms. The van der Waals surface area contributed by atoms with Crippen LogP contribution in [0.15, 0.2) is 11.1 Å². The van der Waals surface area contributed by atoms with Gasteiger partial charge < -0.3 is 21.4 Å². The number of aromatic amines is 1. The lowest BCUT2D eigenvalue weighted by molar-refractivity contribution is 0.607. The first-order chi connectivity index (χ1) is 7.56. The van der Waals surface area contributed by atoms with Crippen molar-refractivity contribution in [2.24, 2.45) is 11.7 Å². The van der Waals surface area contributed by atoms with E-state index in [-0.39, 0.29) is 11.2 Å². The standard InChI is InChI=1S/C10H19N5O/c1-7(2)5-15(4-3-11)9-8(12)10(16)14-6-13-9/h6-7H,3-5,11-12H2,1-2H3,(H,13,14,16). The van der Waals surface area contributed by atoms with Gasteiger partial charge in [-0.05, 0) is 5.92 Å². The Bertz CT molecular complexity index is 387. The summed E-state index contributed by atoms with van der Waals surface area (Å²) in [4.78, 5) is 19.8. The maximum Gasteiger partial charge on any atom is 0.276 e. The van der Waals surface area contributed by atoms with E-state index >= 15 is 0 Å². The third-order valence-corrected chi connectivity index (χ3v) is 2.15. The van der Waals surface area contributed by atoms with E-state index in [9.17, 15) is 4.79 Å². The second-order valence-corrected chi connectivity index (χ2v) is 4.10. The molecule has 5 N–H and O–H groups in total. The third-order valence-electron chi connectivity index (χ3n) is 2.15. The molecule has 1 rings (SSSR count). The van der Waals surface area contributed by atoms with E-state index in [1.54, 1.807) is 0 Å². The molecule has 0 aliphatic heterocycles. The highest BCUT2D eigenvalue weighted by molar-refractivity contribution is 5.60. The summed E-state index contributed by atoms with van der Waals surface area (Å²) in [5, 5.41) is 0. The molecule has 0 fully saturated rings. The number of nitrogen functional groups attached to an aromatic ring is 1. The predicted octanol–water partition coefficient (Wildman–Crippen LogP) is -0.227. The summed E-state index contributed by atoms with van der Waals surface area (Å²) >= 11 is 0. The van der Waals surface area contributed by atoms with Crippen molar-refractivity contribution < 1.29 is 0 Å². The minimum absolute atomic E-state index is 0.150. The van der Waals surface area contributed by atoms with Gasteiger partial charge in [0.05, 0.1) is 6.33 Å². The van der Waals surface area contributed by atoms with Gasteiger partial charge >= 0.3 is 0 Å². The lowest BCUT2D eigenvalue weighted by atomic mass is 10.2. The van der Waals surface area contributed by atoms with Crippen molar-refractivity contribution in [2.45, 2.75) is 13.8 Å². The molecule has 0 aliphatic carbocycles. The van der Waals surface area contributed by atoms with E-state index in [4.69, 9.17) is 11.5 Å². The first-order valence-corrected chi connectivity index (χ1v) is 5.34. The van der Waals surface area contributed by atoms with Crippen molar-refractivity contribution >= 4 is 11.5 Å². The monoisotopic (exact) mass is 225 g/mol. The highest BCUT2D eigenvalue weighted by atomic mass is 16.1. The van der Waals surface area contributed by atoms with E-state index in [1.165, 1.54) is 6.33 Å². The molecule has 1 aromatic heterocycles. The van der Waals surface area contributed by atoms with Gasteiger partial charge in [0.2, 0.25) is 0 Å². The van der Waals surface area contributed by atoms with Crippen LogP contribution in [0.4, 0.5) is 11.5 Å². The highest BCUT2D eigenvalue weighted by Gasteiger charge is 2.13. The Morgan fingerprint density at radius 3 is 2.81 bits per heavy atom. The van der Waals surface area contributed by atoms with Crippen molar-refractivity contribution in [2.75, 3.05) is 30.3 Å². The highest BCUT2D eigenvalue weighted by Crippen LogP contribution is 2.15. The second kappa shape index (κ2) is 5.50. The predicted molar refractivity (Wildman–Crippen MR) is 65.4 cm³/mol. The molecule has 0 radical (unpaired) electrons. The van der Waals surface area contributed by atoms with E-state index in [2.05, 4.69) is 23.8 Å². The molecule has 6 nitrogen and oxygen atoms in total. The average molecular weight is 225 g/mol. The molecule has 1 aromatic rings. The van der Waals surface area contributed by atoms with E-state index in [0.717, 1.165) is 6.54 Å². The lowest BCUT2D eigenvalue weighted by Gasteiger charge is -2.25.